The maximum atomic E-state index is 5.80. The zero-order valence-electron chi connectivity index (χ0n) is 9.01. The van der Waals surface area contributed by atoms with E-state index in [4.69, 9.17) is 5.73 Å². The molecular formula is C9H16N4S2. The van der Waals surface area contributed by atoms with Crippen molar-refractivity contribution in [2.45, 2.75) is 31.7 Å². The Kier molecular flexibility index (Phi) is 3.48. The lowest BCUT2D eigenvalue weighted by Gasteiger charge is -2.36. The average molecular weight is 244 g/mol. The lowest BCUT2D eigenvalue weighted by atomic mass is 10.2. The fourth-order valence-corrected chi connectivity index (χ4v) is 3.34. The van der Waals surface area contributed by atoms with Crippen molar-refractivity contribution < 1.29 is 0 Å². The van der Waals surface area contributed by atoms with Crippen molar-refractivity contribution in [2.24, 2.45) is 0 Å². The molecule has 0 bridgehead atoms. The molecule has 15 heavy (non-hydrogen) atoms. The molecule has 1 saturated heterocycles. The minimum absolute atomic E-state index is 0.588. The minimum atomic E-state index is 0.588. The maximum Gasteiger partial charge on any atom is 0.132 e. The molecule has 1 aliphatic heterocycles. The summed E-state index contributed by atoms with van der Waals surface area (Å²) >= 11 is 3.32. The normalized spacial score (nSPS) is 28.1. The van der Waals surface area contributed by atoms with Crippen LogP contribution in [0.3, 0.4) is 0 Å². The molecule has 0 amide bonds. The van der Waals surface area contributed by atoms with Crippen LogP contribution in [0.2, 0.25) is 0 Å². The molecule has 2 atom stereocenters. The van der Waals surface area contributed by atoms with Crippen LogP contribution in [0.1, 0.15) is 19.5 Å². The van der Waals surface area contributed by atoms with Crippen molar-refractivity contribution in [3.8, 4) is 0 Å². The molecule has 0 saturated carbocycles. The van der Waals surface area contributed by atoms with Gasteiger partial charge in [0.15, 0.2) is 0 Å². The Balaban J connectivity index is 2.02. The van der Waals surface area contributed by atoms with E-state index in [1.807, 2.05) is 11.8 Å². The highest BCUT2D eigenvalue weighted by Crippen LogP contribution is 2.26. The second-order valence-corrected chi connectivity index (χ2v) is 6.14. The summed E-state index contributed by atoms with van der Waals surface area (Å²) in [6.07, 6.45) is 0. The first kappa shape index (κ1) is 11.2. The molecule has 4 nitrogen and oxygen atoms in total. The van der Waals surface area contributed by atoms with Gasteiger partial charge in [-0.25, -0.2) is 0 Å². The Hall–Kier alpha value is -0.330. The van der Waals surface area contributed by atoms with E-state index in [2.05, 4.69) is 28.3 Å². The molecule has 2 heterocycles. The van der Waals surface area contributed by atoms with Gasteiger partial charge in [-0.05, 0) is 6.92 Å². The van der Waals surface area contributed by atoms with Crippen LogP contribution in [0.4, 0.5) is 5.00 Å². The summed E-state index contributed by atoms with van der Waals surface area (Å²) in [7, 11) is 0. The Morgan fingerprint density at radius 3 is 3.00 bits per heavy atom. The first-order valence-electron chi connectivity index (χ1n) is 5.11. The number of rotatable bonds is 2. The molecule has 2 N–H and O–H groups in total. The third-order valence-electron chi connectivity index (χ3n) is 2.95. The molecule has 1 aromatic rings. The minimum Gasteiger partial charge on any atom is -0.388 e. The molecule has 84 valence electrons. The van der Waals surface area contributed by atoms with Crippen molar-refractivity contribution >= 4 is 28.3 Å². The van der Waals surface area contributed by atoms with E-state index in [0.29, 0.717) is 11.3 Å². The van der Waals surface area contributed by atoms with E-state index in [1.54, 1.807) is 0 Å². The summed E-state index contributed by atoms with van der Waals surface area (Å²) in [4.78, 5) is 2.44. The molecule has 1 fully saturated rings. The van der Waals surface area contributed by atoms with Crippen molar-refractivity contribution in [3.05, 3.63) is 5.69 Å². The van der Waals surface area contributed by atoms with Crippen molar-refractivity contribution in [1.29, 1.82) is 0 Å². The van der Waals surface area contributed by atoms with Gasteiger partial charge in [-0.1, -0.05) is 11.4 Å². The van der Waals surface area contributed by atoms with E-state index < -0.39 is 0 Å². The number of hydrogen-bond donors (Lipinski definition) is 1. The lowest BCUT2D eigenvalue weighted by molar-refractivity contribution is 0.202. The van der Waals surface area contributed by atoms with Crippen LogP contribution in [0.25, 0.3) is 0 Å². The highest BCUT2D eigenvalue weighted by Gasteiger charge is 2.26. The van der Waals surface area contributed by atoms with Gasteiger partial charge in [0.05, 0.1) is 0 Å². The number of nitrogen functional groups attached to an aromatic ring is 1. The van der Waals surface area contributed by atoms with Gasteiger partial charge in [-0.2, -0.15) is 11.8 Å². The summed E-state index contributed by atoms with van der Waals surface area (Å²) in [5, 5.41) is 5.51. The number of aromatic nitrogens is 2. The first-order chi connectivity index (χ1) is 7.18. The average Bonchev–Trinajstić information content (AvgIpc) is 2.60. The number of nitrogens with zero attached hydrogens (tertiary/aromatic N) is 3. The van der Waals surface area contributed by atoms with Crippen LogP contribution in [-0.2, 0) is 6.54 Å². The van der Waals surface area contributed by atoms with Gasteiger partial charge in [-0.3, -0.25) is 4.90 Å². The van der Waals surface area contributed by atoms with Crippen LogP contribution in [0.5, 0.6) is 0 Å². The van der Waals surface area contributed by atoms with Gasteiger partial charge in [0.1, 0.15) is 10.7 Å². The van der Waals surface area contributed by atoms with Crippen LogP contribution >= 0.6 is 23.3 Å². The maximum absolute atomic E-state index is 5.80. The van der Waals surface area contributed by atoms with Crippen LogP contribution in [-0.4, -0.2) is 38.1 Å². The Bertz CT molecular complexity index is 328. The van der Waals surface area contributed by atoms with Gasteiger partial charge in [0, 0.05) is 41.7 Å². The van der Waals surface area contributed by atoms with Crippen LogP contribution < -0.4 is 5.73 Å². The molecule has 1 aromatic heterocycles. The molecule has 0 radical (unpaired) electrons. The summed E-state index contributed by atoms with van der Waals surface area (Å²) in [5.74, 6) is 1.20. The molecular weight excluding hydrogens is 228 g/mol. The Labute approximate surface area is 98.4 Å². The number of hydrogen-bond acceptors (Lipinski definition) is 6. The van der Waals surface area contributed by atoms with E-state index in [9.17, 15) is 0 Å². The van der Waals surface area contributed by atoms with Crippen molar-refractivity contribution in [1.82, 2.24) is 14.5 Å². The highest BCUT2D eigenvalue weighted by molar-refractivity contribution is 8.00. The van der Waals surface area contributed by atoms with Crippen molar-refractivity contribution in [2.75, 3.05) is 18.0 Å². The van der Waals surface area contributed by atoms with Gasteiger partial charge in [0.2, 0.25) is 0 Å². The predicted molar refractivity (Wildman–Crippen MR) is 66.1 cm³/mol. The number of thioether (sulfide) groups is 1. The quantitative estimate of drug-likeness (QED) is 0.853. The Morgan fingerprint density at radius 2 is 2.33 bits per heavy atom. The molecule has 6 heteroatoms. The van der Waals surface area contributed by atoms with E-state index >= 15 is 0 Å². The highest BCUT2D eigenvalue weighted by atomic mass is 32.2. The molecule has 2 rings (SSSR count). The van der Waals surface area contributed by atoms with Crippen molar-refractivity contribution in [3.63, 3.8) is 0 Å². The fraction of sp³-hybridized carbons (Fsp3) is 0.778. The van der Waals surface area contributed by atoms with E-state index in [-0.39, 0.29) is 0 Å². The first-order valence-corrected chi connectivity index (χ1v) is 6.93. The lowest BCUT2D eigenvalue weighted by Crippen LogP contribution is -2.44. The monoisotopic (exact) mass is 244 g/mol. The third-order valence-corrected chi connectivity index (χ3v) is 4.89. The summed E-state index contributed by atoms with van der Waals surface area (Å²) in [5.41, 5.74) is 6.74. The summed E-state index contributed by atoms with van der Waals surface area (Å²) < 4.78 is 3.87. The van der Waals surface area contributed by atoms with Crippen LogP contribution in [0, 0.1) is 0 Å². The third kappa shape index (κ3) is 2.43. The van der Waals surface area contributed by atoms with Crippen LogP contribution in [0.15, 0.2) is 0 Å². The zero-order valence-corrected chi connectivity index (χ0v) is 10.6. The largest absolute Gasteiger partial charge is 0.388 e. The fourth-order valence-electron chi connectivity index (χ4n) is 1.74. The second-order valence-electron chi connectivity index (χ2n) is 3.87. The van der Waals surface area contributed by atoms with E-state index in [0.717, 1.165) is 23.8 Å². The molecule has 1 aliphatic rings. The smallest absolute Gasteiger partial charge is 0.132 e. The van der Waals surface area contributed by atoms with Gasteiger partial charge in [-0.15, -0.1) is 5.10 Å². The van der Waals surface area contributed by atoms with E-state index in [1.165, 1.54) is 17.3 Å². The summed E-state index contributed by atoms with van der Waals surface area (Å²) in [6.45, 7) is 6.51. The SMILES string of the molecule is CC1SCCN(Cc2nnsc2N)C1C. The number of nitrogens with two attached hydrogens (primary N) is 1. The summed E-state index contributed by atoms with van der Waals surface area (Å²) in [6, 6.07) is 0.588. The topological polar surface area (TPSA) is 55.0 Å². The predicted octanol–water partition coefficient (Wildman–Crippen LogP) is 1.45. The second kappa shape index (κ2) is 4.67. The zero-order chi connectivity index (χ0) is 10.8. The molecule has 0 spiro atoms. The molecule has 2 unspecified atom stereocenters. The standard InChI is InChI=1S/C9H16N4S2/c1-6-7(2)14-4-3-13(6)5-8-9(10)15-12-11-8/h6-7H,3-5,10H2,1-2H3. The molecule has 0 aliphatic carbocycles. The van der Waals surface area contributed by atoms with Gasteiger partial charge < -0.3 is 5.73 Å². The number of anilines is 1. The Morgan fingerprint density at radius 1 is 1.53 bits per heavy atom. The molecule has 0 aromatic carbocycles. The van der Waals surface area contributed by atoms with Gasteiger partial charge >= 0.3 is 0 Å². The van der Waals surface area contributed by atoms with Gasteiger partial charge in [0.25, 0.3) is 0 Å².